The van der Waals surface area contributed by atoms with Gasteiger partial charge in [-0.1, -0.05) is 48.5 Å². The molecule has 0 aromatic heterocycles. The van der Waals surface area contributed by atoms with Crippen molar-refractivity contribution in [3.8, 4) is 5.75 Å². The molecule has 1 amide bonds. The topological polar surface area (TPSA) is 49.8 Å². The van der Waals surface area contributed by atoms with Crippen LogP contribution in [0.2, 0.25) is 0 Å². The van der Waals surface area contributed by atoms with Crippen LogP contribution < -0.4 is 0 Å². The van der Waals surface area contributed by atoms with Gasteiger partial charge in [0.2, 0.25) is 5.91 Å². The first-order valence-electron chi connectivity index (χ1n) is 8.35. The number of aryl methyl sites for hydroxylation is 1. The van der Waals surface area contributed by atoms with Gasteiger partial charge in [-0.2, -0.15) is 0 Å². The summed E-state index contributed by atoms with van der Waals surface area (Å²) in [6, 6.07) is 15.6. The van der Waals surface area contributed by atoms with E-state index in [1.165, 1.54) is 0 Å². The van der Waals surface area contributed by atoms with E-state index in [1.807, 2.05) is 60.4 Å². The van der Waals surface area contributed by atoms with E-state index in [0.29, 0.717) is 32.7 Å². The highest BCUT2D eigenvalue weighted by molar-refractivity contribution is 5.78. The number of phenolic OH excluding ortho intramolecular Hbond substituents is 1. The van der Waals surface area contributed by atoms with Crippen molar-refractivity contribution in [3.63, 3.8) is 0 Å². The fourth-order valence-corrected chi connectivity index (χ4v) is 3.17. The van der Waals surface area contributed by atoms with Crippen LogP contribution in [0.25, 0.3) is 0 Å². The zero-order valence-electron chi connectivity index (χ0n) is 13.9. The number of para-hydroxylation sites is 1. The average Bonchev–Trinajstić information content (AvgIpc) is 2.63. The monoisotopic (exact) mass is 325 g/mol. The molecular formula is C20H23NO3. The molecule has 1 N–H and O–H groups in total. The Morgan fingerprint density at radius 1 is 1.12 bits per heavy atom. The molecule has 0 spiro atoms. The van der Waals surface area contributed by atoms with E-state index in [1.54, 1.807) is 0 Å². The van der Waals surface area contributed by atoms with Gasteiger partial charge in [-0.3, -0.25) is 4.79 Å². The van der Waals surface area contributed by atoms with Crippen molar-refractivity contribution in [2.45, 2.75) is 19.3 Å². The number of amides is 1. The van der Waals surface area contributed by atoms with Crippen molar-refractivity contribution >= 4 is 5.91 Å². The summed E-state index contributed by atoms with van der Waals surface area (Å²) in [5.74, 6) is 0.232. The van der Waals surface area contributed by atoms with Gasteiger partial charge >= 0.3 is 0 Å². The van der Waals surface area contributed by atoms with E-state index in [4.69, 9.17) is 4.74 Å². The number of nitrogens with zero attached hydrogens (tertiary/aromatic N) is 1. The molecule has 0 saturated carbocycles. The van der Waals surface area contributed by atoms with Crippen molar-refractivity contribution in [3.05, 3.63) is 65.2 Å². The molecular weight excluding hydrogens is 302 g/mol. The molecule has 24 heavy (non-hydrogen) atoms. The SMILES string of the molecule is Cc1cccc(C(CC(=O)N2CCOCC2)c2ccccc2)c1O. The quantitative estimate of drug-likeness (QED) is 0.940. The zero-order chi connectivity index (χ0) is 16.9. The van der Waals surface area contributed by atoms with Gasteiger partial charge in [-0.25, -0.2) is 0 Å². The number of ether oxygens (including phenoxy) is 1. The molecule has 1 saturated heterocycles. The molecule has 1 fully saturated rings. The molecule has 0 aliphatic carbocycles. The number of benzene rings is 2. The van der Waals surface area contributed by atoms with Gasteiger partial charge in [0.1, 0.15) is 5.75 Å². The standard InChI is InChI=1S/C20H23NO3/c1-15-6-5-9-17(20(15)23)18(16-7-3-2-4-8-16)14-19(22)21-10-12-24-13-11-21/h2-9,18,23H,10-14H2,1H3. The van der Waals surface area contributed by atoms with Crippen molar-refractivity contribution in [2.24, 2.45) is 0 Å². The highest BCUT2D eigenvalue weighted by Crippen LogP contribution is 2.36. The predicted octanol–water partition coefficient (Wildman–Crippen LogP) is 3.08. The van der Waals surface area contributed by atoms with E-state index in [0.717, 1.165) is 16.7 Å². The Hall–Kier alpha value is -2.33. The molecule has 1 unspecified atom stereocenters. The lowest BCUT2D eigenvalue weighted by Gasteiger charge is -2.29. The van der Waals surface area contributed by atoms with E-state index in [-0.39, 0.29) is 17.6 Å². The molecule has 4 heteroatoms. The average molecular weight is 325 g/mol. The van der Waals surface area contributed by atoms with Crippen LogP contribution in [0, 0.1) is 6.92 Å². The van der Waals surface area contributed by atoms with Crippen LogP contribution in [0.5, 0.6) is 5.75 Å². The Morgan fingerprint density at radius 2 is 1.83 bits per heavy atom. The third kappa shape index (κ3) is 3.60. The third-order valence-corrected chi connectivity index (χ3v) is 4.59. The van der Waals surface area contributed by atoms with Crippen LogP contribution in [-0.2, 0) is 9.53 Å². The van der Waals surface area contributed by atoms with Gasteiger partial charge in [-0.05, 0) is 18.1 Å². The smallest absolute Gasteiger partial charge is 0.223 e. The molecule has 1 aliphatic rings. The minimum atomic E-state index is -0.151. The Balaban J connectivity index is 1.91. The highest BCUT2D eigenvalue weighted by Gasteiger charge is 2.25. The lowest BCUT2D eigenvalue weighted by Crippen LogP contribution is -2.41. The number of hydrogen-bond donors (Lipinski definition) is 1. The molecule has 3 rings (SSSR count). The normalized spacial score (nSPS) is 16.0. The number of morpholine rings is 1. The lowest BCUT2D eigenvalue weighted by molar-refractivity contribution is -0.135. The Morgan fingerprint density at radius 3 is 2.54 bits per heavy atom. The van der Waals surface area contributed by atoms with Gasteiger partial charge in [0.05, 0.1) is 13.2 Å². The first-order chi connectivity index (χ1) is 11.7. The van der Waals surface area contributed by atoms with Gasteiger partial charge in [0, 0.05) is 31.0 Å². The Bertz CT molecular complexity index is 693. The maximum atomic E-state index is 12.7. The van der Waals surface area contributed by atoms with Crippen LogP contribution in [0.3, 0.4) is 0 Å². The van der Waals surface area contributed by atoms with Gasteiger partial charge in [0.15, 0.2) is 0 Å². The summed E-state index contributed by atoms with van der Waals surface area (Å²) in [5.41, 5.74) is 2.68. The molecule has 4 nitrogen and oxygen atoms in total. The van der Waals surface area contributed by atoms with E-state index in [9.17, 15) is 9.90 Å². The Labute approximate surface area is 142 Å². The summed E-state index contributed by atoms with van der Waals surface area (Å²) in [7, 11) is 0. The maximum Gasteiger partial charge on any atom is 0.223 e. The fraction of sp³-hybridized carbons (Fsp3) is 0.350. The van der Waals surface area contributed by atoms with Gasteiger partial charge < -0.3 is 14.7 Å². The summed E-state index contributed by atoms with van der Waals surface area (Å²) >= 11 is 0. The molecule has 0 radical (unpaired) electrons. The van der Waals surface area contributed by atoms with Crippen LogP contribution in [-0.4, -0.2) is 42.2 Å². The van der Waals surface area contributed by atoms with E-state index < -0.39 is 0 Å². The minimum Gasteiger partial charge on any atom is -0.507 e. The van der Waals surface area contributed by atoms with Crippen molar-refractivity contribution < 1.29 is 14.6 Å². The number of rotatable bonds is 4. The maximum absolute atomic E-state index is 12.7. The van der Waals surface area contributed by atoms with Gasteiger partial charge in [0.25, 0.3) is 0 Å². The number of carbonyl (C=O) groups excluding carboxylic acids is 1. The molecule has 1 atom stereocenters. The molecule has 126 valence electrons. The summed E-state index contributed by atoms with van der Waals surface area (Å²) in [4.78, 5) is 14.6. The molecule has 0 bridgehead atoms. The molecule has 1 aliphatic heterocycles. The van der Waals surface area contributed by atoms with Crippen LogP contribution in [0.15, 0.2) is 48.5 Å². The molecule has 2 aromatic rings. The number of aromatic hydroxyl groups is 1. The molecule has 1 heterocycles. The van der Waals surface area contributed by atoms with Crippen molar-refractivity contribution in [1.29, 1.82) is 0 Å². The first-order valence-corrected chi connectivity index (χ1v) is 8.35. The van der Waals surface area contributed by atoms with E-state index in [2.05, 4.69) is 0 Å². The zero-order valence-corrected chi connectivity index (χ0v) is 13.9. The minimum absolute atomic E-state index is 0.105. The third-order valence-electron chi connectivity index (χ3n) is 4.59. The van der Waals surface area contributed by atoms with Gasteiger partial charge in [-0.15, -0.1) is 0 Å². The number of hydrogen-bond acceptors (Lipinski definition) is 3. The Kier molecular flexibility index (Phi) is 5.16. The van der Waals surface area contributed by atoms with E-state index >= 15 is 0 Å². The second kappa shape index (κ2) is 7.49. The number of phenols is 1. The van der Waals surface area contributed by atoms with Crippen molar-refractivity contribution in [1.82, 2.24) is 4.90 Å². The lowest BCUT2D eigenvalue weighted by atomic mass is 9.86. The highest BCUT2D eigenvalue weighted by atomic mass is 16.5. The fourth-order valence-electron chi connectivity index (χ4n) is 3.17. The van der Waals surface area contributed by atoms with Crippen LogP contribution in [0.4, 0.5) is 0 Å². The summed E-state index contributed by atoms with van der Waals surface area (Å²) in [6.45, 7) is 4.35. The van der Waals surface area contributed by atoms with Crippen LogP contribution in [0.1, 0.15) is 29.0 Å². The summed E-state index contributed by atoms with van der Waals surface area (Å²) in [5, 5.41) is 10.5. The second-order valence-electron chi connectivity index (χ2n) is 6.17. The van der Waals surface area contributed by atoms with Crippen molar-refractivity contribution in [2.75, 3.05) is 26.3 Å². The summed E-state index contributed by atoms with van der Waals surface area (Å²) in [6.07, 6.45) is 0.348. The number of carbonyl (C=O) groups is 1. The first kappa shape index (κ1) is 16.5. The molecule has 2 aromatic carbocycles. The van der Waals surface area contributed by atoms with Crippen LogP contribution >= 0.6 is 0 Å². The summed E-state index contributed by atoms with van der Waals surface area (Å²) < 4.78 is 5.33. The predicted molar refractivity (Wildman–Crippen MR) is 93.1 cm³/mol. The second-order valence-corrected chi connectivity index (χ2v) is 6.17. The largest absolute Gasteiger partial charge is 0.507 e.